The van der Waals surface area contributed by atoms with Gasteiger partial charge in [0, 0.05) is 54.8 Å². The Kier molecular flexibility index (Phi) is 7.00. The number of sulfonamides is 1. The molecule has 1 saturated heterocycles. The molecule has 1 fully saturated rings. The minimum Gasteiger partial charge on any atom is -0.354 e. The number of piperidine rings is 1. The van der Waals surface area contributed by atoms with E-state index in [9.17, 15) is 18.0 Å². The Morgan fingerprint density at radius 2 is 1.24 bits per heavy atom. The molecule has 0 unspecified atom stereocenters. The third-order valence-corrected chi connectivity index (χ3v) is 8.41. The van der Waals surface area contributed by atoms with Gasteiger partial charge in [0.15, 0.2) is 0 Å². The first kappa shape index (κ1) is 25.6. The summed E-state index contributed by atoms with van der Waals surface area (Å²) >= 11 is 0. The van der Waals surface area contributed by atoms with E-state index in [1.54, 1.807) is 40.7 Å². The molecule has 4 aromatic rings. The van der Waals surface area contributed by atoms with Gasteiger partial charge in [-0.2, -0.15) is 4.31 Å². The lowest BCUT2D eigenvalue weighted by atomic mass is 10.1. The Morgan fingerprint density at radius 3 is 1.74 bits per heavy atom. The highest BCUT2D eigenvalue weighted by atomic mass is 32.2. The largest absolute Gasteiger partial charge is 0.354 e. The van der Waals surface area contributed by atoms with Gasteiger partial charge in [-0.15, -0.1) is 0 Å². The maximum Gasteiger partial charge on any atom is 0.243 e. The van der Waals surface area contributed by atoms with Gasteiger partial charge in [0.1, 0.15) is 0 Å². The summed E-state index contributed by atoms with van der Waals surface area (Å²) in [6.45, 7) is 4.00. The van der Waals surface area contributed by atoms with Gasteiger partial charge < -0.3 is 16.0 Å². The molecule has 0 radical (unpaired) electrons. The van der Waals surface area contributed by atoms with Gasteiger partial charge in [0.05, 0.1) is 21.6 Å². The number of hydrogen-bond donors (Lipinski definition) is 3. The molecule has 1 aliphatic heterocycles. The Balaban J connectivity index is 1.55. The van der Waals surface area contributed by atoms with Crippen LogP contribution in [0.4, 0.5) is 22.7 Å². The highest BCUT2D eigenvalue weighted by Crippen LogP contribution is 2.36. The molecule has 9 nitrogen and oxygen atoms in total. The first-order chi connectivity index (χ1) is 18.2. The lowest BCUT2D eigenvalue weighted by molar-refractivity contribution is -0.115. The van der Waals surface area contributed by atoms with Gasteiger partial charge in [-0.05, 0) is 73.5 Å². The van der Waals surface area contributed by atoms with Crippen LogP contribution < -0.4 is 16.0 Å². The number of hydrogen-bond acceptors (Lipinski definition) is 6. The number of aromatic nitrogens is 1. The molecule has 196 valence electrons. The second-order valence-electron chi connectivity index (χ2n) is 9.43. The van der Waals surface area contributed by atoms with Gasteiger partial charge in [0.2, 0.25) is 21.8 Å². The zero-order valence-electron chi connectivity index (χ0n) is 21.2. The van der Waals surface area contributed by atoms with Crippen molar-refractivity contribution in [2.75, 3.05) is 29.0 Å². The van der Waals surface area contributed by atoms with E-state index >= 15 is 0 Å². The molecule has 3 aromatic carbocycles. The predicted octanol–water partition coefficient (Wildman–Crippen LogP) is 5.22. The monoisotopic (exact) mass is 531 g/mol. The van der Waals surface area contributed by atoms with E-state index in [-0.39, 0.29) is 16.7 Å². The maximum absolute atomic E-state index is 13.1. The average molecular weight is 532 g/mol. The van der Waals surface area contributed by atoms with Crippen LogP contribution in [0.1, 0.15) is 33.1 Å². The fourth-order valence-electron chi connectivity index (χ4n) is 4.75. The summed E-state index contributed by atoms with van der Waals surface area (Å²) in [5, 5.41) is 10.7. The fourth-order valence-corrected chi connectivity index (χ4v) is 6.27. The minimum absolute atomic E-state index is 0.184. The van der Waals surface area contributed by atoms with Crippen molar-refractivity contribution in [3.8, 4) is 0 Å². The number of carbonyl (C=O) groups excluding carboxylic acids is 2. The first-order valence-corrected chi connectivity index (χ1v) is 13.9. The van der Waals surface area contributed by atoms with Crippen LogP contribution in [0.2, 0.25) is 0 Å². The van der Waals surface area contributed by atoms with Gasteiger partial charge in [-0.1, -0.05) is 6.42 Å². The number of rotatable bonds is 6. The molecular weight excluding hydrogens is 502 g/mol. The highest BCUT2D eigenvalue weighted by molar-refractivity contribution is 7.89. The molecule has 0 bridgehead atoms. The number of anilines is 4. The summed E-state index contributed by atoms with van der Waals surface area (Å²) < 4.78 is 27.7. The summed E-state index contributed by atoms with van der Waals surface area (Å²) in [5.41, 5.74) is 4.03. The van der Waals surface area contributed by atoms with Crippen molar-refractivity contribution in [3.05, 3.63) is 60.7 Å². The second kappa shape index (κ2) is 10.4. The normalized spacial score (nSPS) is 14.4. The Hall–Kier alpha value is -4.02. The van der Waals surface area contributed by atoms with Crippen molar-refractivity contribution in [2.24, 2.45) is 0 Å². The first-order valence-electron chi connectivity index (χ1n) is 12.5. The van der Waals surface area contributed by atoms with Gasteiger partial charge in [0.25, 0.3) is 0 Å². The van der Waals surface area contributed by atoms with Crippen molar-refractivity contribution in [1.82, 2.24) is 9.29 Å². The van der Waals surface area contributed by atoms with E-state index in [4.69, 9.17) is 4.98 Å². The highest BCUT2D eigenvalue weighted by Gasteiger charge is 2.25. The van der Waals surface area contributed by atoms with E-state index < -0.39 is 10.0 Å². The fraction of sp³-hybridized carbons (Fsp3) is 0.250. The third kappa shape index (κ3) is 5.32. The number of pyridine rings is 1. The van der Waals surface area contributed by atoms with Crippen molar-refractivity contribution < 1.29 is 18.0 Å². The topological polar surface area (TPSA) is 121 Å². The zero-order chi connectivity index (χ0) is 26.9. The SMILES string of the molecule is CC(=O)Nc1ccc2c(Nc3ccc(S(=O)(=O)N4CCCCC4)cc3)c3ccc(NC(C)=O)cc3nc2c1. The second-order valence-corrected chi connectivity index (χ2v) is 11.4. The van der Waals surface area contributed by atoms with Crippen molar-refractivity contribution >= 4 is 66.4 Å². The number of nitrogens with one attached hydrogen (secondary N) is 3. The number of amides is 2. The van der Waals surface area contributed by atoms with E-state index in [0.717, 1.165) is 35.7 Å². The lowest BCUT2D eigenvalue weighted by Crippen LogP contribution is -2.35. The van der Waals surface area contributed by atoms with E-state index in [2.05, 4.69) is 16.0 Å². The zero-order valence-corrected chi connectivity index (χ0v) is 22.1. The Bertz CT molecular complexity index is 1570. The predicted molar refractivity (Wildman–Crippen MR) is 150 cm³/mol. The van der Waals surface area contributed by atoms with Crippen LogP contribution in [0.5, 0.6) is 0 Å². The standard InChI is InChI=1S/C28H29N5O4S/c1-18(34)29-21-8-12-24-26(16-21)32-27-17-22(30-19(2)35)9-13-25(27)28(24)31-20-6-10-23(11-7-20)38(36,37)33-14-4-3-5-15-33/h6-13,16-17H,3-5,14-15H2,1-2H3,(H,29,34)(H,30,35)(H,31,32). The van der Waals surface area contributed by atoms with Crippen LogP contribution in [0, 0.1) is 0 Å². The molecule has 1 aromatic heterocycles. The molecule has 1 aliphatic rings. The summed E-state index contributed by atoms with van der Waals surface area (Å²) in [7, 11) is -3.52. The van der Waals surface area contributed by atoms with Crippen LogP contribution in [-0.4, -0.2) is 42.6 Å². The van der Waals surface area contributed by atoms with Gasteiger partial charge in [-0.25, -0.2) is 13.4 Å². The number of benzene rings is 3. The van der Waals surface area contributed by atoms with Crippen molar-refractivity contribution in [2.45, 2.75) is 38.0 Å². The molecule has 0 aliphatic carbocycles. The third-order valence-electron chi connectivity index (χ3n) is 6.49. The van der Waals surface area contributed by atoms with E-state index in [0.29, 0.717) is 41.2 Å². The minimum atomic E-state index is -3.52. The van der Waals surface area contributed by atoms with Gasteiger partial charge >= 0.3 is 0 Å². The summed E-state index contributed by atoms with van der Waals surface area (Å²) in [5.74, 6) is -0.368. The Labute approximate surface area is 221 Å². The number of carbonyl (C=O) groups is 2. The molecule has 5 rings (SSSR count). The summed E-state index contributed by atoms with van der Waals surface area (Å²) in [6, 6.07) is 17.7. The lowest BCUT2D eigenvalue weighted by Gasteiger charge is -2.26. The average Bonchev–Trinajstić information content (AvgIpc) is 2.88. The van der Waals surface area contributed by atoms with Crippen LogP contribution in [-0.2, 0) is 19.6 Å². The molecule has 2 heterocycles. The number of nitrogens with zero attached hydrogens (tertiary/aromatic N) is 2. The summed E-state index contributed by atoms with van der Waals surface area (Å²) in [4.78, 5) is 28.2. The quantitative estimate of drug-likeness (QED) is 0.293. The maximum atomic E-state index is 13.1. The molecule has 0 saturated carbocycles. The van der Waals surface area contributed by atoms with Crippen LogP contribution in [0.15, 0.2) is 65.6 Å². The van der Waals surface area contributed by atoms with Crippen LogP contribution in [0.25, 0.3) is 21.8 Å². The molecule has 10 heteroatoms. The molecule has 3 N–H and O–H groups in total. The molecule has 2 amide bonds. The molecule has 0 atom stereocenters. The Morgan fingerprint density at radius 1 is 0.737 bits per heavy atom. The summed E-state index contributed by atoms with van der Waals surface area (Å²) in [6.07, 6.45) is 2.82. The molecular formula is C28H29N5O4S. The van der Waals surface area contributed by atoms with Gasteiger partial charge in [-0.3, -0.25) is 9.59 Å². The van der Waals surface area contributed by atoms with E-state index in [1.165, 1.54) is 13.8 Å². The van der Waals surface area contributed by atoms with Crippen LogP contribution in [0.3, 0.4) is 0 Å². The molecule has 38 heavy (non-hydrogen) atoms. The van der Waals surface area contributed by atoms with E-state index in [1.807, 2.05) is 24.3 Å². The van der Waals surface area contributed by atoms with Crippen molar-refractivity contribution in [3.63, 3.8) is 0 Å². The number of fused-ring (bicyclic) bond motifs is 2. The molecule has 0 spiro atoms. The van der Waals surface area contributed by atoms with Crippen LogP contribution >= 0.6 is 0 Å². The smallest absolute Gasteiger partial charge is 0.243 e. The van der Waals surface area contributed by atoms with Crippen molar-refractivity contribution in [1.29, 1.82) is 0 Å².